The number of aromatic nitrogens is 2. The fraction of sp³-hybridized carbons (Fsp3) is 0.464. The van der Waals surface area contributed by atoms with Gasteiger partial charge in [-0.05, 0) is 80.3 Å². The molecule has 6 rings (SSSR count). The van der Waals surface area contributed by atoms with Crippen LogP contribution in [0.4, 0.5) is 0 Å². The van der Waals surface area contributed by atoms with E-state index in [4.69, 9.17) is 4.74 Å². The second-order valence-corrected chi connectivity index (χ2v) is 10.3. The monoisotopic (exact) mass is 472 g/mol. The Morgan fingerprint density at radius 3 is 2.80 bits per heavy atom. The fourth-order valence-corrected chi connectivity index (χ4v) is 6.30. The maximum Gasteiger partial charge on any atom is 0.254 e. The third-order valence-electron chi connectivity index (χ3n) is 7.93. The van der Waals surface area contributed by atoms with Gasteiger partial charge in [-0.1, -0.05) is 6.07 Å². The van der Waals surface area contributed by atoms with E-state index in [-0.39, 0.29) is 11.8 Å². The van der Waals surface area contributed by atoms with Gasteiger partial charge in [-0.3, -0.25) is 9.59 Å². The average molecular weight is 473 g/mol. The predicted molar refractivity (Wildman–Crippen MR) is 133 cm³/mol. The lowest BCUT2D eigenvalue weighted by Crippen LogP contribution is -2.46. The number of nitrogens with one attached hydrogen (secondary N) is 1. The van der Waals surface area contributed by atoms with Crippen LogP contribution in [0.15, 0.2) is 48.8 Å². The lowest BCUT2D eigenvalue weighted by molar-refractivity contribution is -0.128. The van der Waals surface area contributed by atoms with Gasteiger partial charge in [-0.25, -0.2) is 4.98 Å². The molecule has 3 saturated heterocycles. The number of rotatable bonds is 7. The third-order valence-corrected chi connectivity index (χ3v) is 7.93. The van der Waals surface area contributed by atoms with E-state index in [0.717, 1.165) is 56.1 Å². The largest absolute Gasteiger partial charge is 0.492 e. The first-order valence-electron chi connectivity index (χ1n) is 12.9. The molecule has 1 aromatic carbocycles. The molecule has 3 aliphatic heterocycles. The van der Waals surface area contributed by atoms with Crippen LogP contribution in [0.1, 0.15) is 54.4 Å². The van der Waals surface area contributed by atoms with Crippen molar-refractivity contribution in [3.05, 3.63) is 59.9 Å². The summed E-state index contributed by atoms with van der Waals surface area (Å²) in [7, 11) is 0. The Morgan fingerprint density at radius 1 is 1.14 bits per heavy atom. The van der Waals surface area contributed by atoms with Crippen molar-refractivity contribution in [2.45, 2.75) is 57.0 Å². The third kappa shape index (κ3) is 4.51. The van der Waals surface area contributed by atoms with E-state index in [2.05, 4.69) is 27.0 Å². The summed E-state index contributed by atoms with van der Waals surface area (Å²) in [4.78, 5) is 37.0. The first kappa shape index (κ1) is 22.1. The molecule has 0 unspecified atom stereocenters. The van der Waals surface area contributed by atoms with Crippen molar-refractivity contribution < 1.29 is 14.3 Å². The molecule has 7 heteroatoms. The zero-order chi connectivity index (χ0) is 23.8. The van der Waals surface area contributed by atoms with Crippen LogP contribution in [0, 0.1) is 5.92 Å². The molecule has 3 aromatic rings. The van der Waals surface area contributed by atoms with Crippen LogP contribution in [0.3, 0.4) is 0 Å². The van der Waals surface area contributed by atoms with Crippen LogP contribution < -0.4 is 4.74 Å². The van der Waals surface area contributed by atoms with Gasteiger partial charge in [0.05, 0.1) is 6.54 Å². The number of aromatic amines is 1. The number of ether oxygens (including phenoxy) is 1. The second-order valence-electron chi connectivity index (χ2n) is 10.3. The van der Waals surface area contributed by atoms with Crippen LogP contribution >= 0.6 is 0 Å². The van der Waals surface area contributed by atoms with Gasteiger partial charge in [0.2, 0.25) is 5.91 Å². The van der Waals surface area contributed by atoms with Crippen molar-refractivity contribution in [2.75, 3.05) is 19.7 Å². The van der Waals surface area contributed by atoms with Crippen LogP contribution in [-0.2, 0) is 11.2 Å². The van der Waals surface area contributed by atoms with E-state index in [9.17, 15) is 9.59 Å². The van der Waals surface area contributed by atoms with E-state index < -0.39 is 0 Å². The first-order valence-corrected chi connectivity index (χ1v) is 12.9. The number of carbonyl (C=O) groups excluding carboxylic acids is 2. The summed E-state index contributed by atoms with van der Waals surface area (Å²) < 4.78 is 5.90. The zero-order valence-electron chi connectivity index (χ0n) is 20.0. The minimum absolute atomic E-state index is 0.117. The molecule has 1 N–H and O–H groups in total. The van der Waals surface area contributed by atoms with Crippen molar-refractivity contribution in [1.29, 1.82) is 0 Å². The Morgan fingerprint density at radius 2 is 2.00 bits per heavy atom. The van der Waals surface area contributed by atoms with Crippen LogP contribution in [-0.4, -0.2) is 63.4 Å². The van der Waals surface area contributed by atoms with E-state index in [0.29, 0.717) is 48.9 Å². The lowest BCUT2D eigenvalue weighted by atomic mass is 9.85. The highest BCUT2D eigenvalue weighted by Crippen LogP contribution is 2.41. The van der Waals surface area contributed by atoms with E-state index in [1.54, 1.807) is 0 Å². The quantitative estimate of drug-likeness (QED) is 0.559. The molecule has 0 spiro atoms. The zero-order valence-corrected chi connectivity index (χ0v) is 20.0. The van der Waals surface area contributed by atoms with Crippen molar-refractivity contribution in [3.8, 4) is 5.75 Å². The van der Waals surface area contributed by atoms with Gasteiger partial charge in [-0.2, -0.15) is 0 Å². The molecule has 3 aliphatic rings. The smallest absolute Gasteiger partial charge is 0.254 e. The summed E-state index contributed by atoms with van der Waals surface area (Å²) in [6.07, 6.45) is 10.8. The van der Waals surface area contributed by atoms with Crippen molar-refractivity contribution in [1.82, 2.24) is 19.8 Å². The standard InChI is InChI=1S/C28H32N4O3/c33-26-5-2-10-31(26)11-12-35-25-4-1-3-22(17-25)28(34)32-23-6-7-24(32)16-19(15-23)13-20-14-21-8-9-29-27(21)30-18-20/h1,3-4,8-9,14,17-19,23-24H,2,5-7,10-13,15-16H2,(H,29,30)/t23-,24-/m0/s1. The fourth-order valence-electron chi connectivity index (χ4n) is 6.30. The Hall–Kier alpha value is -3.35. The van der Waals surface area contributed by atoms with E-state index in [1.165, 1.54) is 5.56 Å². The number of benzene rings is 1. The number of piperidine rings is 1. The van der Waals surface area contributed by atoms with Crippen molar-refractivity contribution in [2.24, 2.45) is 5.92 Å². The molecule has 0 aliphatic carbocycles. The number of hydrogen-bond donors (Lipinski definition) is 1. The molecule has 182 valence electrons. The summed E-state index contributed by atoms with van der Waals surface area (Å²) in [5.74, 6) is 1.60. The summed E-state index contributed by atoms with van der Waals surface area (Å²) in [6, 6.07) is 12.5. The number of likely N-dealkylation sites (tertiary alicyclic amines) is 1. The van der Waals surface area contributed by atoms with Gasteiger partial charge in [0.25, 0.3) is 5.91 Å². The van der Waals surface area contributed by atoms with Gasteiger partial charge in [0.15, 0.2) is 0 Å². The summed E-state index contributed by atoms with van der Waals surface area (Å²) >= 11 is 0. The van der Waals surface area contributed by atoms with Crippen LogP contribution in [0.2, 0.25) is 0 Å². The molecule has 7 nitrogen and oxygen atoms in total. The maximum atomic E-state index is 13.5. The molecule has 0 saturated carbocycles. The van der Waals surface area contributed by atoms with E-state index in [1.807, 2.05) is 41.6 Å². The predicted octanol–water partition coefficient (Wildman–Crippen LogP) is 4.19. The first-order chi connectivity index (χ1) is 17.1. The molecule has 2 atom stereocenters. The van der Waals surface area contributed by atoms with Crippen molar-refractivity contribution >= 4 is 22.8 Å². The Balaban J connectivity index is 1.08. The highest BCUT2D eigenvalue weighted by atomic mass is 16.5. The molecule has 0 radical (unpaired) electrons. The van der Waals surface area contributed by atoms with Gasteiger partial charge in [0.1, 0.15) is 18.0 Å². The van der Waals surface area contributed by atoms with Crippen molar-refractivity contribution in [3.63, 3.8) is 0 Å². The summed E-state index contributed by atoms with van der Waals surface area (Å²) in [5.41, 5.74) is 2.91. The van der Waals surface area contributed by atoms with Gasteiger partial charge in [-0.15, -0.1) is 0 Å². The number of hydrogen-bond acceptors (Lipinski definition) is 4. The minimum Gasteiger partial charge on any atom is -0.492 e. The normalized spacial score (nSPS) is 23.9. The number of fused-ring (bicyclic) bond motifs is 3. The molecule has 3 fully saturated rings. The van der Waals surface area contributed by atoms with Crippen LogP contribution in [0.5, 0.6) is 5.75 Å². The molecular weight excluding hydrogens is 440 g/mol. The van der Waals surface area contributed by atoms with Gasteiger partial charge >= 0.3 is 0 Å². The number of pyridine rings is 1. The SMILES string of the molecule is O=C1CCCN1CCOc1cccc(C(=O)N2[C@H]3CC[C@H]2CC(Cc2cnc4[nH]ccc4c2)C3)c1. The average Bonchev–Trinajstić information content (AvgIpc) is 3.56. The number of carbonyl (C=O) groups is 2. The molecule has 2 bridgehead atoms. The topological polar surface area (TPSA) is 78.5 Å². The molecule has 2 aromatic heterocycles. The maximum absolute atomic E-state index is 13.5. The highest BCUT2D eigenvalue weighted by molar-refractivity contribution is 5.95. The lowest BCUT2D eigenvalue weighted by Gasteiger charge is -2.39. The molecular formula is C28H32N4O3. The second kappa shape index (κ2) is 9.36. The number of amides is 2. The molecule has 35 heavy (non-hydrogen) atoms. The Bertz CT molecular complexity index is 1220. The molecule has 2 amide bonds. The highest BCUT2D eigenvalue weighted by Gasteiger charge is 2.43. The summed E-state index contributed by atoms with van der Waals surface area (Å²) in [6.45, 7) is 1.86. The summed E-state index contributed by atoms with van der Waals surface area (Å²) in [5, 5.41) is 1.16. The number of H-pyrrole nitrogens is 1. The van der Waals surface area contributed by atoms with Gasteiger partial charge in [0, 0.05) is 48.4 Å². The van der Waals surface area contributed by atoms with E-state index >= 15 is 0 Å². The minimum atomic E-state index is 0.117. The van der Waals surface area contributed by atoms with Crippen LogP contribution in [0.25, 0.3) is 11.0 Å². The molecule has 5 heterocycles. The Kier molecular flexibility index (Phi) is 5.92. The Labute approximate surface area is 205 Å². The number of nitrogens with zero attached hydrogens (tertiary/aromatic N) is 3. The van der Waals surface area contributed by atoms with Gasteiger partial charge < -0.3 is 19.5 Å².